The van der Waals surface area contributed by atoms with Crippen LogP contribution in [0.1, 0.15) is 24.8 Å². The fourth-order valence-corrected chi connectivity index (χ4v) is 3.25. The molecule has 0 bridgehead atoms. The summed E-state index contributed by atoms with van der Waals surface area (Å²) in [6.07, 6.45) is -0.467. The zero-order chi connectivity index (χ0) is 14.5. The monoisotopic (exact) mass is 293 g/mol. The molecule has 1 heterocycles. The molecule has 2 aromatic rings. The van der Waals surface area contributed by atoms with Crippen molar-refractivity contribution in [1.29, 1.82) is 0 Å². The minimum absolute atomic E-state index is 0.268. The van der Waals surface area contributed by atoms with E-state index >= 15 is 0 Å². The zero-order valence-electron chi connectivity index (χ0n) is 12.3. The summed E-state index contributed by atoms with van der Waals surface area (Å²) >= 11 is 1.66. The lowest BCUT2D eigenvalue weighted by atomic mass is 10.1. The van der Waals surface area contributed by atoms with E-state index in [1.54, 1.807) is 18.4 Å². The van der Waals surface area contributed by atoms with Crippen molar-refractivity contribution in [3.8, 4) is 0 Å². The first-order chi connectivity index (χ1) is 9.61. The van der Waals surface area contributed by atoms with Crippen molar-refractivity contribution in [3.05, 3.63) is 35.2 Å². The van der Waals surface area contributed by atoms with Crippen molar-refractivity contribution < 1.29 is 9.84 Å². The van der Waals surface area contributed by atoms with Crippen LogP contribution in [-0.2, 0) is 4.74 Å². The molecule has 0 aliphatic heterocycles. The predicted molar refractivity (Wildman–Crippen MR) is 85.3 cm³/mol. The Labute approximate surface area is 124 Å². The quantitative estimate of drug-likeness (QED) is 0.824. The number of ether oxygens (including phenoxy) is 1. The third kappa shape index (κ3) is 3.79. The molecule has 110 valence electrons. The Morgan fingerprint density at radius 3 is 2.70 bits per heavy atom. The van der Waals surface area contributed by atoms with Crippen molar-refractivity contribution >= 4 is 21.4 Å². The van der Waals surface area contributed by atoms with Crippen LogP contribution >= 0.6 is 11.3 Å². The van der Waals surface area contributed by atoms with Crippen molar-refractivity contribution in [2.45, 2.75) is 26.0 Å². The van der Waals surface area contributed by atoms with Crippen LogP contribution in [0.5, 0.6) is 0 Å². The van der Waals surface area contributed by atoms with Gasteiger partial charge in [-0.3, -0.25) is 0 Å². The number of methoxy groups -OCH3 is 1. The van der Waals surface area contributed by atoms with E-state index in [1.165, 1.54) is 10.1 Å². The Morgan fingerprint density at radius 1 is 1.30 bits per heavy atom. The lowest BCUT2D eigenvalue weighted by molar-refractivity contribution is 0.125. The maximum atomic E-state index is 10.3. The molecule has 0 aliphatic carbocycles. The molecule has 2 N–H and O–H groups in total. The second-order valence-corrected chi connectivity index (χ2v) is 6.53. The smallest absolute Gasteiger partial charge is 0.101 e. The Kier molecular flexibility index (Phi) is 5.54. The summed E-state index contributed by atoms with van der Waals surface area (Å²) in [6.45, 7) is 5.53. The highest BCUT2D eigenvalue weighted by atomic mass is 32.1. The van der Waals surface area contributed by atoms with Crippen molar-refractivity contribution in [2.24, 2.45) is 5.92 Å². The highest BCUT2D eigenvalue weighted by molar-refractivity contribution is 7.19. The Morgan fingerprint density at radius 2 is 2.05 bits per heavy atom. The molecule has 4 heteroatoms. The summed E-state index contributed by atoms with van der Waals surface area (Å²) in [7, 11) is 1.71. The summed E-state index contributed by atoms with van der Waals surface area (Å²) in [4.78, 5) is 1.01. The zero-order valence-corrected chi connectivity index (χ0v) is 13.1. The van der Waals surface area contributed by atoms with Crippen molar-refractivity contribution in [1.82, 2.24) is 5.32 Å². The maximum Gasteiger partial charge on any atom is 0.101 e. The third-order valence-corrected chi connectivity index (χ3v) is 4.71. The Hall–Kier alpha value is -0.940. The number of rotatable bonds is 7. The van der Waals surface area contributed by atoms with Gasteiger partial charge in [-0.1, -0.05) is 32.0 Å². The van der Waals surface area contributed by atoms with Gasteiger partial charge in [0.25, 0.3) is 0 Å². The largest absolute Gasteiger partial charge is 0.386 e. The lowest BCUT2D eigenvalue weighted by Crippen LogP contribution is -2.39. The van der Waals surface area contributed by atoms with Gasteiger partial charge in [-0.05, 0) is 23.4 Å². The van der Waals surface area contributed by atoms with Crippen LogP contribution in [0.4, 0.5) is 0 Å². The van der Waals surface area contributed by atoms with E-state index in [4.69, 9.17) is 4.74 Å². The molecule has 1 aromatic heterocycles. The molecular formula is C16H23NO2S. The average Bonchev–Trinajstić information content (AvgIpc) is 2.86. The van der Waals surface area contributed by atoms with Crippen LogP contribution in [0.25, 0.3) is 10.1 Å². The predicted octanol–water partition coefficient (Wildman–Crippen LogP) is 3.20. The molecule has 0 radical (unpaired) electrons. The summed E-state index contributed by atoms with van der Waals surface area (Å²) in [5, 5.41) is 14.9. The van der Waals surface area contributed by atoms with E-state index in [1.807, 2.05) is 12.1 Å². The average molecular weight is 293 g/mol. The number of aliphatic hydroxyl groups is 1. The summed E-state index contributed by atoms with van der Waals surface area (Å²) in [5.41, 5.74) is 0. The van der Waals surface area contributed by atoms with Crippen molar-refractivity contribution in [2.75, 3.05) is 20.3 Å². The maximum absolute atomic E-state index is 10.3. The summed E-state index contributed by atoms with van der Waals surface area (Å²) in [5.74, 6) is 0.476. The van der Waals surface area contributed by atoms with Crippen LogP contribution in [-0.4, -0.2) is 31.4 Å². The van der Waals surface area contributed by atoms with Gasteiger partial charge in [0.2, 0.25) is 0 Å². The van der Waals surface area contributed by atoms with Gasteiger partial charge in [-0.2, -0.15) is 0 Å². The van der Waals surface area contributed by atoms with E-state index in [0.29, 0.717) is 19.1 Å². The molecule has 0 fully saturated rings. The van der Waals surface area contributed by atoms with E-state index in [0.717, 1.165) is 4.88 Å². The minimum atomic E-state index is -0.467. The van der Waals surface area contributed by atoms with E-state index in [2.05, 4.69) is 37.4 Å². The SMILES string of the molecule is COCC(NCC(O)c1cc2ccccc2s1)C(C)C. The number of hydrogen-bond acceptors (Lipinski definition) is 4. The Bertz CT molecular complexity index is 505. The molecule has 3 nitrogen and oxygen atoms in total. The topological polar surface area (TPSA) is 41.5 Å². The lowest BCUT2D eigenvalue weighted by Gasteiger charge is -2.23. The highest BCUT2D eigenvalue weighted by Crippen LogP contribution is 2.29. The molecule has 1 aromatic carbocycles. The summed E-state index contributed by atoms with van der Waals surface area (Å²) in [6, 6.07) is 10.6. The first-order valence-electron chi connectivity index (χ1n) is 7.00. The molecule has 20 heavy (non-hydrogen) atoms. The first kappa shape index (κ1) is 15.4. The molecule has 0 saturated carbocycles. The van der Waals surface area contributed by atoms with E-state index < -0.39 is 6.10 Å². The van der Waals surface area contributed by atoms with Gasteiger partial charge in [-0.15, -0.1) is 11.3 Å². The normalized spacial score (nSPS) is 14.8. The van der Waals surface area contributed by atoms with Crippen LogP contribution in [0.15, 0.2) is 30.3 Å². The molecule has 2 unspecified atom stereocenters. The van der Waals surface area contributed by atoms with E-state index in [-0.39, 0.29) is 6.04 Å². The second kappa shape index (κ2) is 7.18. The molecular weight excluding hydrogens is 270 g/mol. The van der Waals surface area contributed by atoms with Gasteiger partial charge in [0.05, 0.1) is 6.61 Å². The fourth-order valence-electron chi connectivity index (χ4n) is 2.20. The Balaban J connectivity index is 1.98. The van der Waals surface area contributed by atoms with Gasteiger partial charge >= 0.3 is 0 Å². The van der Waals surface area contributed by atoms with Gasteiger partial charge in [0, 0.05) is 29.3 Å². The molecule has 0 aliphatic rings. The van der Waals surface area contributed by atoms with Crippen molar-refractivity contribution in [3.63, 3.8) is 0 Å². The van der Waals surface area contributed by atoms with Gasteiger partial charge in [0.15, 0.2) is 0 Å². The minimum Gasteiger partial charge on any atom is -0.386 e. The molecule has 0 spiro atoms. The first-order valence-corrected chi connectivity index (χ1v) is 7.82. The van der Waals surface area contributed by atoms with Crippen LogP contribution in [0.2, 0.25) is 0 Å². The molecule has 2 rings (SSSR count). The number of thiophene rings is 1. The summed E-state index contributed by atoms with van der Waals surface area (Å²) < 4.78 is 6.43. The molecule has 0 saturated heterocycles. The van der Waals surface area contributed by atoms with Gasteiger partial charge in [-0.25, -0.2) is 0 Å². The van der Waals surface area contributed by atoms with Gasteiger partial charge < -0.3 is 15.2 Å². The van der Waals surface area contributed by atoms with E-state index in [9.17, 15) is 5.11 Å². The van der Waals surface area contributed by atoms with Crippen LogP contribution in [0, 0.1) is 5.92 Å². The third-order valence-electron chi connectivity index (χ3n) is 3.50. The number of benzene rings is 1. The highest BCUT2D eigenvalue weighted by Gasteiger charge is 2.16. The molecule has 0 amide bonds. The second-order valence-electron chi connectivity index (χ2n) is 5.42. The number of fused-ring (bicyclic) bond motifs is 1. The number of nitrogens with one attached hydrogen (secondary N) is 1. The van der Waals surface area contributed by atoms with Crippen LogP contribution in [0.3, 0.4) is 0 Å². The number of hydrogen-bond donors (Lipinski definition) is 2. The standard InChI is InChI=1S/C16H23NO2S/c1-11(2)13(10-19-3)17-9-14(18)16-8-12-6-4-5-7-15(12)20-16/h4-8,11,13-14,17-18H,9-10H2,1-3H3. The molecule has 2 atom stereocenters. The number of aliphatic hydroxyl groups excluding tert-OH is 1. The van der Waals surface area contributed by atoms with Gasteiger partial charge in [0.1, 0.15) is 6.10 Å². The fraction of sp³-hybridized carbons (Fsp3) is 0.500. The van der Waals surface area contributed by atoms with Crippen LogP contribution < -0.4 is 5.32 Å².